The van der Waals surface area contributed by atoms with Gasteiger partial charge < -0.3 is 4.74 Å². The first kappa shape index (κ1) is 15.1. The molecule has 118 valence electrons. The molecule has 7 heteroatoms. The Labute approximate surface area is 130 Å². The first-order valence-electron chi connectivity index (χ1n) is 7.13. The lowest BCUT2D eigenvalue weighted by atomic mass is 10.2. The summed E-state index contributed by atoms with van der Waals surface area (Å²) in [6, 6.07) is 4.99. The fourth-order valence-corrected chi connectivity index (χ4v) is 3.70. The predicted octanol–water partition coefficient (Wildman–Crippen LogP) is 1.45. The van der Waals surface area contributed by atoms with E-state index in [1.54, 1.807) is 22.9 Å². The van der Waals surface area contributed by atoms with Crippen molar-refractivity contribution in [2.45, 2.75) is 31.7 Å². The molecule has 1 N–H and O–H groups in total. The highest BCUT2D eigenvalue weighted by atomic mass is 32.2. The van der Waals surface area contributed by atoms with E-state index in [9.17, 15) is 8.42 Å². The number of sulfonamides is 1. The second-order valence-corrected chi connectivity index (χ2v) is 7.23. The van der Waals surface area contributed by atoms with Crippen LogP contribution in [-0.4, -0.2) is 24.8 Å². The Morgan fingerprint density at radius 3 is 2.82 bits per heavy atom. The van der Waals surface area contributed by atoms with Gasteiger partial charge in [0.15, 0.2) is 0 Å². The zero-order valence-electron chi connectivity index (χ0n) is 12.9. The zero-order valence-corrected chi connectivity index (χ0v) is 13.7. The van der Waals surface area contributed by atoms with Crippen LogP contribution in [0.3, 0.4) is 0 Å². The number of ether oxygens (including phenoxy) is 1. The minimum absolute atomic E-state index is 0.238. The molecule has 0 bridgehead atoms. The third-order valence-corrected chi connectivity index (χ3v) is 5.47. The van der Waals surface area contributed by atoms with Crippen LogP contribution in [0.2, 0.25) is 0 Å². The van der Waals surface area contributed by atoms with E-state index in [0.29, 0.717) is 6.61 Å². The number of rotatable bonds is 4. The predicted molar refractivity (Wildman–Crippen MR) is 82.3 cm³/mol. The van der Waals surface area contributed by atoms with Gasteiger partial charge in [-0.15, -0.1) is 0 Å². The maximum absolute atomic E-state index is 12.5. The summed E-state index contributed by atoms with van der Waals surface area (Å²) in [5, 5.41) is 4.30. The summed E-state index contributed by atoms with van der Waals surface area (Å²) in [5.41, 5.74) is 3.65. The lowest BCUT2D eigenvalue weighted by Gasteiger charge is -2.08. The summed E-state index contributed by atoms with van der Waals surface area (Å²) in [6.45, 7) is 4.65. The van der Waals surface area contributed by atoms with Crippen LogP contribution in [0, 0.1) is 13.8 Å². The Morgan fingerprint density at radius 1 is 1.36 bits per heavy atom. The molecule has 1 aliphatic rings. The number of nitrogens with one attached hydrogen (secondary N) is 1. The summed E-state index contributed by atoms with van der Waals surface area (Å²) in [5.74, 6) is 0.776. The van der Waals surface area contributed by atoms with Crippen LogP contribution in [0.5, 0.6) is 5.75 Å². The Kier molecular flexibility index (Phi) is 3.70. The van der Waals surface area contributed by atoms with Gasteiger partial charge in [-0.3, -0.25) is 4.68 Å². The van der Waals surface area contributed by atoms with Crippen LogP contribution in [0.4, 0.5) is 0 Å². The Morgan fingerprint density at radius 2 is 2.14 bits per heavy atom. The van der Waals surface area contributed by atoms with Crippen molar-refractivity contribution in [2.75, 3.05) is 6.61 Å². The monoisotopic (exact) mass is 321 g/mol. The lowest BCUT2D eigenvalue weighted by molar-refractivity contribution is 0.356. The molecule has 0 aliphatic carbocycles. The number of hydrogen-bond donors (Lipinski definition) is 1. The largest absolute Gasteiger partial charge is 0.493 e. The molecular weight excluding hydrogens is 302 g/mol. The van der Waals surface area contributed by atoms with E-state index in [4.69, 9.17) is 4.74 Å². The van der Waals surface area contributed by atoms with Gasteiger partial charge in [-0.1, -0.05) is 0 Å². The molecule has 6 nitrogen and oxygen atoms in total. The van der Waals surface area contributed by atoms with E-state index in [1.165, 1.54) is 0 Å². The van der Waals surface area contributed by atoms with Gasteiger partial charge in [-0.25, -0.2) is 13.1 Å². The summed E-state index contributed by atoms with van der Waals surface area (Å²) < 4.78 is 34.7. The number of fused-ring (bicyclic) bond motifs is 1. The molecule has 0 radical (unpaired) electrons. The molecule has 0 unspecified atom stereocenters. The number of benzene rings is 1. The molecule has 1 aromatic carbocycles. The standard InChI is InChI=1S/C15H19N3O3S/c1-10-14(11(2)18(3)17-10)9-16-22(19,20)13-4-5-15-12(8-13)6-7-21-15/h4-5,8,16H,6-7,9H2,1-3H3. The Bertz CT molecular complexity index is 825. The number of nitrogens with zero attached hydrogens (tertiary/aromatic N) is 2. The van der Waals surface area contributed by atoms with Gasteiger partial charge in [0.2, 0.25) is 10.0 Å². The highest BCUT2D eigenvalue weighted by molar-refractivity contribution is 7.89. The third kappa shape index (κ3) is 2.62. The van der Waals surface area contributed by atoms with E-state index in [0.717, 1.165) is 34.7 Å². The Hall–Kier alpha value is -1.86. The second-order valence-electron chi connectivity index (χ2n) is 5.47. The van der Waals surface area contributed by atoms with Crippen molar-refractivity contribution >= 4 is 10.0 Å². The molecule has 2 aromatic rings. The van der Waals surface area contributed by atoms with Crippen molar-refractivity contribution in [2.24, 2.45) is 7.05 Å². The smallest absolute Gasteiger partial charge is 0.240 e. The zero-order chi connectivity index (χ0) is 15.9. The minimum atomic E-state index is -3.55. The molecule has 0 fully saturated rings. The molecule has 3 rings (SSSR count). The van der Waals surface area contributed by atoms with Crippen LogP contribution < -0.4 is 9.46 Å². The molecule has 1 aromatic heterocycles. The van der Waals surface area contributed by atoms with E-state index >= 15 is 0 Å². The average molecular weight is 321 g/mol. The van der Waals surface area contributed by atoms with Gasteiger partial charge in [0.05, 0.1) is 17.2 Å². The summed E-state index contributed by atoms with van der Waals surface area (Å²) in [4.78, 5) is 0.274. The molecule has 1 aliphatic heterocycles. The molecule has 2 heterocycles. The Balaban J connectivity index is 1.82. The van der Waals surface area contributed by atoms with E-state index in [-0.39, 0.29) is 11.4 Å². The van der Waals surface area contributed by atoms with Crippen molar-refractivity contribution < 1.29 is 13.2 Å². The second kappa shape index (κ2) is 5.40. The van der Waals surface area contributed by atoms with Crippen LogP contribution >= 0.6 is 0 Å². The maximum atomic E-state index is 12.5. The van der Waals surface area contributed by atoms with Gasteiger partial charge in [0.25, 0.3) is 0 Å². The van der Waals surface area contributed by atoms with Gasteiger partial charge in [0.1, 0.15) is 5.75 Å². The summed E-state index contributed by atoms with van der Waals surface area (Å²) >= 11 is 0. The van der Waals surface area contributed by atoms with Crippen molar-refractivity contribution in [3.63, 3.8) is 0 Å². The van der Waals surface area contributed by atoms with Gasteiger partial charge in [0, 0.05) is 31.3 Å². The summed E-state index contributed by atoms with van der Waals surface area (Å²) in [7, 11) is -1.70. The van der Waals surface area contributed by atoms with Crippen molar-refractivity contribution in [3.05, 3.63) is 40.7 Å². The van der Waals surface area contributed by atoms with Crippen molar-refractivity contribution in [3.8, 4) is 5.75 Å². The van der Waals surface area contributed by atoms with Gasteiger partial charge in [-0.05, 0) is 37.6 Å². The van der Waals surface area contributed by atoms with Crippen LogP contribution in [0.25, 0.3) is 0 Å². The quantitative estimate of drug-likeness (QED) is 0.925. The topological polar surface area (TPSA) is 73.2 Å². The van der Waals surface area contributed by atoms with Crippen LogP contribution in [0.1, 0.15) is 22.5 Å². The van der Waals surface area contributed by atoms with E-state index in [1.807, 2.05) is 20.9 Å². The van der Waals surface area contributed by atoms with E-state index in [2.05, 4.69) is 9.82 Å². The fraction of sp³-hybridized carbons (Fsp3) is 0.400. The molecule has 0 spiro atoms. The number of aryl methyl sites for hydroxylation is 2. The van der Waals surface area contributed by atoms with E-state index < -0.39 is 10.0 Å². The third-order valence-electron chi connectivity index (χ3n) is 4.07. The molecular formula is C15H19N3O3S. The SMILES string of the molecule is Cc1nn(C)c(C)c1CNS(=O)(=O)c1ccc2c(c1)CCO2. The molecule has 0 atom stereocenters. The number of hydrogen-bond acceptors (Lipinski definition) is 4. The molecule has 22 heavy (non-hydrogen) atoms. The summed E-state index contributed by atoms with van der Waals surface area (Å²) in [6.07, 6.45) is 0.750. The maximum Gasteiger partial charge on any atom is 0.240 e. The number of aromatic nitrogens is 2. The van der Waals surface area contributed by atoms with Crippen molar-refractivity contribution in [1.29, 1.82) is 0 Å². The van der Waals surface area contributed by atoms with Crippen LogP contribution in [-0.2, 0) is 30.0 Å². The first-order valence-corrected chi connectivity index (χ1v) is 8.61. The highest BCUT2D eigenvalue weighted by Crippen LogP contribution is 2.27. The van der Waals surface area contributed by atoms with Crippen LogP contribution in [0.15, 0.2) is 23.1 Å². The first-order chi connectivity index (χ1) is 10.4. The fourth-order valence-electron chi connectivity index (χ4n) is 2.65. The van der Waals surface area contributed by atoms with Gasteiger partial charge >= 0.3 is 0 Å². The highest BCUT2D eigenvalue weighted by Gasteiger charge is 2.20. The normalized spacial score (nSPS) is 14.0. The molecule has 0 saturated heterocycles. The molecule has 0 saturated carbocycles. The average Bonchev–Trinajstić information content (AvgIpc) is 3.02. The minimum Gasteiger partial charge on any atom is -0.493 e. The van der Waals surface area contributed by atoms with Gasteiger partial charge in [-0.2, -0.15) is 5.10 Å². The van der Waals surface area contributed by atoms with Crippen molar-refractivity contribution in [1.82, 2.24) is 14.5 Å². The lowest BCUT2D eigenvalue weighted by Crippen LogP contribution is -2.24. The molecule has 0 amide bonds.